The van der Waals surface area contributed by atoms with Gasteiger partial charge in [-0.05, 0) is 61.8 Å². The quantitative estimate of drug-likeness (QED) is 0.566. The Bertz CT molecular complexity index is 967. The Morgan fingerprint density at radius 3 is 2.57 bits per heavy atom. The lowest BCUT2D eigenvalue weighted by Crippen LogP contribution is -2.54. The number of hydrogen-bond acceptors (Lipinski definition) is 6. The summed E-state index contributed by atoms with van der Waals surface area (Å²) in [7, 11) is 1.66. The van der Waals surface area contributed by atoms with Crippen LogP contribution in [0.3, 0.4) is 0 Å². The minimum absolute atomic E-state index is 0.327. The fraction of sp³-hybridized carbons (Fsp3) is 0.318. The molecule has 0 aromatic heterocycles. The van der Waals surface area contributed by atoms with E-state index in [1.165, 1.54) is 0 Å². The van der Waals surface area contributed by atoms with Gasteiger partial charge in [-0.3, -0.25) is 5.73 Å². The smallest absolute Gasteiger partial charge is 0.210 e. The number of nitrogens with two attached hydrogens (primary N) is 1. The van der Waals surface area contributed by atoms with Gasteiger partial charge in [-0.25, -0.2) is 4.99 Å². The molecule has 30 heavy (non-hydrogen) atoms. The molecule has 1 saturated heterocycles. The third kappa shape index (κ3) is 4.57. The van der Waals surface area contributed by atoms with Crippen molar-refractivity contribution in [2.24, 2.45) is 10.7 Å². The Kier molecular flexibility index (Phi) is 6.20. The van der Waals surface area contributed by atoms with Gasteiger partial charge in [0.25, 0.3) is 0 Å². The third-order valence-electron chi connectivity index (χ3n) is 5.35. The SMILES string of the molecule is COc1cccc(C2=C(NC3CCNCC3)NC(N)(c3cc(Cl)cc(Cl)c3)N=C2)c1. The van der Waals surface area contributed by atoms with E-state index in [2.05, 4.69) is 20.9 Å². The first-order chi connectivity index (χ1) is 14.5. The Morgan fingerprint density at radius 1 is 1.13 bits per heavy atom. The molecule has 158 valence electrons. The Hall–Kier alpha value is -2.25. The molecule has 0 spiro atoms. The highest BCUT2D eigenvalue weighted by atomic mass is 35.5. The molecule has 0 bridgehead atoms. The van der Waals surface area contributed by atoms with Crippen molar-refractivity contribution in [1.29, 1.82) is 0 Å². The number of halogens is 2. The van der Waals surface area contributed by atoms with Gasteiger partial charge in [-0.15, -0.1) is 0 Å². The van der Waals surface area contributed by atoms with E-state index in [1.54, 1.807) is 31.5 Å². The average molecular weight is 446 g/mol. The van der Waals surface area contributed by atoms with Crippen LogP contribution in [-0.4, -0.2) is 32.5 Å². The largest absolute Gasteiger partial charge is 0.497 e. The van der Waals surface area contributed by atoms with E-state index in [9.17, 15) is 0 Å². The lowest BCUT2D eigenvalue weighted by molar-refractivity contribution is 0.350. The van der Waals surface area contributed by atoms with Crippen LogP contribution in [0.4, 0.5) is 0 Å². The van der Waals surface area contributed by atoms with Gasteiger partial charge in [0.15, 0.2) is 0 Å². The summed E-state index contributed by atoms with van der Waals surface area (Å²) in [6.07, 6.45) is 3.84. The molecule has 2 aromatic carbocycles. The van der Waals surface area contributed by atoms with Crippen LogP contribution >= 0.6 is 23.2 Å². The first kappa shape index (κ1) is 21.0. The van der Waals surface area contributed by atoms with Crippen molar-refractivity contribution in [1.82, 2.24) is 16.0 Å². The monoisotopic (exact) mass is 445 g/mol. The highest BCUT2D eigenvalue weighted by Gasteiger charge is 2.33. The van der Waals surface area contributed by atoms with Gasteiger partial charge in [0, 0.05) is 33.4 Å². The van der Waals surface area contributed by atoms with Crippen molar-refractivity contribution in [2.75, 3.05) is 20.2 Å². The van der Waals surface area contributed by atoms with E-state index in [4.69, 9.17) is 33.7 Å². The molecule has 8 heteroatoms. The second-order valence-electron chi connectivity index (χ2n) is 7.50. The predicted octanol–water partition coefficient (Wildman–Crippen LogP) is 3.46. The molecule has 0 aliphatic carbocycles. The summed E-state index contributed by atoms with van der Waals surface area (Å²) >= 11 is 12.4. The molecule has 2 aliphatic rings. The molecular formula is C22H25Cl2N5O. The van der Waals surface area contributed by atoms with E-state index in [0.717, 1.165) is 48.6 Å². The maximum absolute atomic E-state index is 6.67. The molecule has 1 atom stereocenters. The van der Waals surface area contributed by atoms with E-state index in [0.29, 0.717) is 21.7 Å². The zero-order chi connectivity index (χ0) is 21.1. The first-order valence-corrected chi connectivity index (χ1v) is 10.7. The lowest BCUT2D eigenvalue weighted by Gasteiger charge is -2.36. The van der Waals surface area contributed by atoms with Gasteiger partial charge in [0.05, 0.1) is 7.11 Å². The van der Waals surface area contributed by atoms with E-state index >= 15 is 0 Å². The van der Waals surface area contributed by atoms with Crippen molar-refractivity contribution >= 4 is 35.0 Å². The Balaban J connectivity index is 1.72. The summed E-state index contributed by atoms with van der Waals surface area (Å²) < 4.78 is 5.40. The second kappa shape index (κ2) is 8.86. The highest BCUT2D eigenvalue weighted by Crippen LogP contribution is 2.31. The molecule has 1 fully saturated rings. The number of methoxy groups -OCH3 is 1. The normalized spacial score (nSPS) is 22.0. The minimum Gasteiger partial charge on any atom is -0.497 e. The maximum atomic E-state index is 6.67. The van der Waals surface area contributed by atoms with Gasteiger partial charge in [0.2, 0.25) is 5.79 Å². The minimum atomic E-state index is -1.19. The second-order valence-corrected chi connectivity index (χ2v) is 8.37. The molecule has 2 aromatic rings. The number of rotatable bonds is 5. The lowest BCUT2D eigenvalue weighted by atomic mass is 10.0. The number of piperidine rings is 1. The number of nitrogens with zero attached hydrogens (tertiary/aromatic N) is 1. The van der Waals surface area contributed by atoms with Gasteiger partial charge < -0.3 is 20.7 Å². The number of benzene rings is 2. The Labute approximate surface area is 186 Å². The summed E-state index contributed by atoms with van der Waals surface area (Å²) in [6, 6.07) is 13.4. The summed E-state index contributed by atoms with van der Waals surface area (Å²) in [5.74, 6) is 0.413. The van der Waals surface area contributed by atoms with Crippen LogP contribution in [-0.2, 0) is 5.79 Å². The van der Waals surface area contributed by atoms with Gasteiger partial charge in [-0.2, -0.15) is 0 Å². The van der Waals surface area contributed by atoms with Gasteiger partial charge >= 0.3 is 0 Å². The molecule has 5 N–H and O–H groups in total. The summed E-state index contributed by atoms with van der Waals surface area (Å²) in [6.45, 7) is 1.95. The average Bonchev–Trinajstić information content (AvgIpc) is 2.74. The van der Waals surface area contributed by atoms with E-state index in [1.807, 2.05) is 24.3 Å². The molecule has 4 rings (SSSR count). The van der Waals surface area contributed by atoms with Crippen LogP contribution in [0.15, 0.2) is 53.3 Å². The molecule has 0 saturated carbocycles. The van der Waals surface area contributed by atoms with E-state index < -0.39 is 5.79 Å². The summed E-state index contributed by atoms with van der Waals surface area (Å²) in [5.41, 5.74) is 9.26. The molecule has 2 aliphatic heterocycles. The summed E-state index contributed by atoms with van der Waals surface area (Å²) in [4.78, 5) is 4.64. The van der Waals surface area contributed by atoms with Crippen LogP contribution in [0.1, 0.15) is 24.0 Å². The van der Waals surface area contributed by atoms with Crippen LogP contribution in [0.25, 0.3) is 5.57 Å². The third-order valence-corrected chi connectivity index (χ3v) is 5.79. The highest BCUT2D eigenvalue weighted by molar-refractivity contribution is 6.34. The zero-order valence-corrected chi connectivity index (χ0v) is 18.2. The zero-order valence-electron chi connectivity index (χ0n) is 16.7. The summed E-state index contributed by atoms with van der Waals surface area (Å²) in [5, 5.41) is 11.5. The molecule has 0 amide bonds. The van der Waals surface area contributed by atoms with Crippen molar-refractivity contribution in [3.05, 3.63) is 69.5 Å². The molecule has 1 unspecified atom stereocenters. The predicted molar refractivity (Wildman–Crippen MR) is 123 cm³/mol. The molecule has 6 nitrogen and oxygen atoms in total. The Morgan fingerprint density at radius 2 is 1.87 bits per heavy atom. The first-order valence-electron chi connectivity index (χ1n) is 9.92. The molecule has 2 heterocycles. The van der Waals surface area contributed by atoms with Crippen LogP contribution in [0, 0.1) is 0 Å². The van der Waals surface area contributed by atoms with Crippen LogP contribution in [0.5, 0.6) is 5.75 Å². The number of nitrogens with one attached hydrogen (secondary N) is 3. The van der Waals surface area contributed by atoms with Crippen LogP contribution in [0.2, 0.25) is 10.0 Å². The molecular weight excluding hydrogens is 421 g/mol. The fourth-order valence-electron chi connectivity index (χ4n) is 3.74. The number of hydrogen-bond donors (Lipinski definition) is 4. The topological polar surface area (TPSA) is 83.7 Å². The van der Waals surface area contributed by atoms with Crippen molar-refractivity contribution in [3.63, 3.8) is 0 Å². The fourth-order valence-corrected chi connectivity index (χ4v) is 4.26. The maximum Gasteiger partial charge on any atom is 0.210 e. The van der Waals surface area contributed by atoms with Crippen molar-refractivity contribution in [3.8, 4) is 5.75 Å². The van der Waals surface area contributed by atoms with Gasteiger partial charge in [0.1, 0.15) is 11.6 Å². The standard InChI is InChI=1S/C22H25Cl2N5O/c1-30-19-4-2-3-14(9-19)20-13-27-22(25,15-10-16(23)12-17(24)11-15)29-21(20)28-18-5-7-26-8-6-18/h2-4,9-13,18,26,28-29H,5-8,25H2,1H3. The van der Waals surface area contributed by atoms with Crippen molar-refractivity contribution in [2.45, 2.75) is 24.7 Å². The van der Waals surface area contributed by atoms with Crippen molar-refractivity contribution < 1.29 is 4.74 Å². The van der Waals surface area contributed by atoms with Gasteiger partial charge in [-0.1, -0.05) is 35.3 Å². The number of allylic oxidation sites excluding steroid dienone is 1. The molecule has 0 radical (unpaired) electrons. The number of ether oxygens (including phenoxy) is 1. The van der Waals surface area contributed by atoms with E-state index in [-0.39, 0.29) is 0 Å². The van der Waals surface area contributed by atoms with Crippen LogP contribution < -0.4 is 26.4 Å². The number of aliphatic imine (C=N–C) groups is 1.